The number of carbonyl (C=O) groups excluding carboxylic acids is 5. The van der Waals surface area contributed by atoms with Gasteiger partial charge in [0.2, 0.25) is 11.8 Å². The lowest BCUT2D eigenvalue weighted by molar-refractivity contribution is -0.127. The number of rotatable bonds is 0. The van der Waals surface area contributed by atoms with Crippen molar-refractivity contribution in [2.75, 3.05) is 198 Å². The second-order valence-corrected chi connectivity index (χ2v) is 17.5. The van der Waals surface area contributed by atoms with Gasteiger partial charge in [-0.1, -0.05) is 24.4 Å². The summed E-state index contributed by atoms with van der Waals surface area (Å²) in [6, 6.07) is 0.0185. The molecule has 0 fully saturated rings. The largest absolute Gasteiger partial charge is 0.474 e. The summed E-state index contributed by atoms with van der Waals surface area (Å²) in [6.07, 6.45) is -0.639. The van der Waals surface area contributed by atoms with Crippen molar-refractivity contribution in [3.8, 4) is 0 Å². The quantitative estimate of drug-likeness (QED) is 0.318. The molecule has 0 aromatic carbocycles. The molecule has 6 amide bonds. The van der Waals surface area contributed by atoms with Crippen LogP contribution in [0, 0.1) is 0 Å². The summed E-state index contributed by atoms with van der Waals surface area (Å²) in [5.74, 6) is 0.185. The molecule has 0 saturated heterocycles. The van der Waals surface area contributed by atoms with Gasteiger partial charge in [0.1, 0.15) is 0 Å². The molecule has 0 aliphatic rings. The maximum absolute atomic E-state index is 10.7. The van der Waals surface area contributed by atoms with Crippen LogP contribution in [0.25, 0.3) is 0 Å². The van der Waals surface area contributed by atoms with Crippen LogP contribution in [-0.4, -0.2) is 312 Å². The summed E-state index contributed by atoms with van der Waals surface area (Å²) in [4.78, 5) is 73.0. The normalized spacial score (nSPS) is 8.00. The molecule has 0 saturated carbocycles. The van der Waals surface area contributed by atoms with Gasteiger partial charge in [-0.3, -0.25) is 9.59 Å². The van der Waals surface area contributed by atoms with Gasteiger partial charge in [-0.2, -0.15) is 0 Å². The highest BCUT2D eigenvalue weighted by Crippen LogP contribution is 1.86. The molecule has 0 atom stereocenters. The molecule has 0 N–H and O–H groups in total. The summed E-state index contributed by atoms with van der Waals surface area (Å²) < 4.78 is 17.9. The fourth-order valence-electron chi connectivity index (χ4n) is 1.53. The van der Waals surface area contributed by atoms with Crippen LogP contribution in [0.3, 0.4) is 0 Å². The molecule has 21 nitrogen and oxygen atoms in total. The molecule has 0 aliphatic heterocycles. The third-order valence-electron chi connectivity index (χ3n) is 6.21. The molecule has 0 spiro atoms. The highest BCUT2D eigenvalue weighted by Gasteiger charge is 2.03. The second-order valence-electron chi connectivity index (χ2n) is 15.3. The Hall–Kier alpha value is -4.40. The van der Waals surface area contributed by atoms with Crippen LogP contribution in [0.4, 0.5) is 14.4 Å². The van der Waals surface area contributed by atoms with Crippen molar-refractivity contribution < 1.29 is 42.9 Å². The van der Waals surface area contributed by atoms with Crippen molar-refractivity contribution in [1.29, 1.82) is 0 Å². The molecule has 0 rings (SSSR count). The van der Waals surface area contributed by atoms with E-state index in [-0.39, 0.29) is 30.0 Å². The lowest BCUT2D eigenvalue weighted by atomic mass is 10.7. The van der Waals surface area contributed by atoms with Gasteiger partial charge in [0.15, 0.2) is 5.11 Å². The molecular weight excluding hydrogens is 977 g/mol. The zero-order chi connectivity index (χ0) is 57.5. The number of hydrogen-bond acceptors (Lipinski definition) is 14. The zero-order valence-corrected chi connectivity index (χ0v) is 52.2. The molecule has 0 aromatic heterocycles. The summed E-state index contributed by atoms with van der Waals surface area (Å²) in [7, 11) is 49.0. The molecule has 408 valence electrons. The Balaban J connectivity index is -0.0000000688. The van der Waals surface area contributed by atoms with Crippen LogP contribution < -0.4 is 0 Å². The van der Waals surface area contributed by atoms with Crippen LogP contribution in [-0.2, 0) is 28.5 Å². The Kier molecular flexibility index (Phi) is 70.4. The van der Waals surface area contributed by atoms with E-state index in [0.29, 0.717) is 10.3 Å². The highest BCUT2D eigenvalue weighted by atomic mass is 32.1. The van der Waals surface area contributed by atoms with E-state index >= 15 is 0 Å². The molecule has 0 aromatic rings. The third-order valence-corrected chi connectivity index (χ3v) is 8.73. The van der Waals surface area contributed by atoms with Crippen molar-refractivity contribution in [3.63, 3.8) is 0 Å². The van der Waals surface area contributed by atoms with Gasteiger partial charge in [-0.05, 0) is 50.5 Å². The Morgan fingerprint density at radius 1 is 0.279 bits per heavy atom. The van der Waals surface area contributed by atoms with Gasteiger partial charge in [0.05, 0.1) is 38.4 Å². The molecule has 0 heterocycles. The zero-order valence-electron chi connectivity index (χ0n) is 48.1. The van der Waals surface area contributed by atoms with Crippen molar-refractivity contribution in [3.05, 3.63) is 0 Å². The molecular formula is C42H96N12O9S5. The second kappa shape index (κ2) is 55.2. The van der Waals surface area contributed by atoms with E-state index < -0.39 is 0 Å². The lowest BCUT2D eigenvalue weighted by Crippen LogP contribution is -2.33. The number of nitrogens with zero attached hydrogens (tertiary/aromatic N) is 12. The molecule has 68 heavy (non-hydrogen) atoms. The van der Waals surface area contributed by atoms with Crippen LogP contribution in [0.15, 0.2) is 0 Å². The molecule has 0 bridgehead atoms. The summed E-state index contributed by atoms with van der Waals surface area (Å²) in [5, 5.41) is 1.88. The Labute approximate surface area is 441 Å². The van der Waals surface area contributed by atoms with Gasteiger partial charge >= 0.3 is 18.2 Å². The maximum Gasteiger partial charge on any atom is 0.408 e. The molecule has 0 radical (unpaired) electrons. The van der Waals surface area contributed by atoms with Gasteiger partial charge in [0.25, 0.3) is 10.3 Å². The first-order chi connectivity index (χ1) is 30.4. The number of methoxy groups -OCH3 is 4. The minimum Gasteiger partial charge on any atom is -0.474 e. The number of thiocarbonyl (C=S) groups is 5. The van der Waals surface area contributed by atoms with Crippen LogP contribution in [0.2, 0.25) is 0 Å². The first kappa shape index (κ1) is 86.8. The fourth-order valence-corrected chi connectivity index (χ4v) is 1.53. The van der Waals surface area contributed by atoms with Gasteiger partial charge in [0, 0.05) is 183 Å². The van der Waals surface area contributed by atoms with Crippen molar-refractivity contribution in [1.82, 2.24) is 58.8 Å². The fraction of sp³-hybridized carbons (Fsp3) is 0.762. The van der Waals surface area contributed by atoms with E-state index in [1.54, 1.807) is 109 Å². The van der Waals surface area contributed by atoms with E-state index in [9.17, 15) is 24.0 Å². The minimum absolute atomic E-state index is 0.0185. The van der Waals surface area contributed by atoms with E-state index in [1.165, 1.54) is 57.5 Å². The monoisotopic (exact) mass is 1070 g/mol. The van der Waals surface area contributed by atoms with Crippen molar-refractivity contribution >= 4 is 117 Å². The van der Waals surface area contributed by atoms with Gasteiger partial charge in [-0.15, -0.1) is 0 Å². The first-order valence-corrected chi connectivity index (χ1v) is 21.9. The van der Waals surface area contributed by atoms with E-state index in [0.717, 1.165) is 15.1 Å². The Bertz CT molecular complexity index is 1170. The van der Waals surface area contributed by atoms with Crippen LogP contribution >= 0.6 is 61.1 Å². The smallest absolute Gasteiger partial charge is 0.408 e. The molecule has 26 heteroatoms. The number of carbonyl (C=O) groups is 5. The predicted octanol–water partition coefficient (Wildman–Crippen LogP) is 4.19. The van der Waals surface area contributed by atoms with Crippen molar-refractivity contribution in [2.45, 2.75) is 27.7 Å². The predicted molar refractivity (Wildman–Crippen MR) is 304 cm³/mol. The Morgan fingerprint density at radius 2 is 0.456 bits per heavy atom. The van der Waals surface area contributed by atoms with Crippen molar-refractivity contribution in [2.24, 2.45) is 0 Å². The topological polar surface area (TPSA) is 161 Å². The average Bonchev–Trinajstić information content (AvgIpc) is 3.23. The number of urea groups is 1. The SMILES string of the molecule is CC(=O)N(C)C.CC(=O)N(C)C.CC(=S)N(C)C.CC(=S)N(C)C.CN(C)C(=O)N(C)C.CN(C)C(=S)N(C)C.COC(=O)N(C)C.COC(=O)N(C)C.COC(=S)N(C)C.COC(=S)N(C)C. The van der Waals surface area contributed by atoms with Crippen LogP contribution in [0.1, 0.15) is 27.7 Å². The number of ether oxygens (including phenoxy) is 4. The average molecular weight is 1070 g/mol. The standard InChI is InChI=1S/C5H12N2O.C5H12N2S.2C4H9NO2.2C4H9NOS.2C4H9NO.2C4H9NS/c2*1-6(2)5(8)7(3)4;2*1-5(2)4(6)7-3;2*1-5(2)4(7)6-3;4*1-4(6)5(2)3/h2*1-4H3;4*1-3H3;4*1-3H3. The summed E-state index contributed by atoms with van der Waals surface area (Å²) in [5.41, 5.74) is 0. The lowest BCUT2D eigenvalue weighted by Gasteiger charge is -2.20. The Morgan fingerprint density at radius 3 is 0.456 bits per heavy atom. The van der Waals surface area contributed by atoms with E-state index in [2.05, 4.69) is 43.4 Å². The molecule has 0 unspecified atom stereocenters. The number of amides is 6. The maximum atomic E-state index is 10.7. The number of hydrogen-bond donors (Lipinski definition) is 0. The van der Waals surface area contributed by atoms with Gasteiger partial charge < -0.3 is 77.7 Å². The minimum atomic E-state index is -0.319. The third kappa shape index (κ3) is 85.0. The first-order valence-electron chi connectivity index (χ1n) is 19.9. The highest BCUT2D eigenvalue weighted by molar-refractivity contribution is 7.80. The van der Waals surface area contributed by atoms with Gasteiger partial charge in [-0.25, -0.2) is 14.4 Å². The summed E-state index contributed by atoms with van der Waals surface area (Å²) in [6.45, 7) is 6.85. The molecule has 0 aliphatic carbocycles. The van der Waals surface area contributed by atoms with Crippen LogP contribution in [0.5, 0.6) is 0 Å². The summed E-state index contributed by atoms with van der Waals surface area (Å²) >= 11 is 23.8. The van der Waals surface area contributed by atoms with E-state index in [1.807, 2.05) is 118 Å². The van der Waals surface area contributed by atoms with E-state index in [4.69, 9.17) is 36.7 Å².